The van der Waals surface area contributed by atoms with Gasteiger partial charge < -0.3 is 10.6 Å². The second-order valence-corrected chi connectivity index (χ2v) is 7.18. The molecule has 0 bridgehead atoms. The van der Waals surface area contributed by atoms with E-state index in [1.807, 2.05) is 25.1 Å². The van der Waals surface area contributed by atoms with Gasteiger partial charge in [0.2, 0.25) is 11.8 Å². The number of likely N-dealkylation sites (N-methyl/N-ethyl adjacent to an activating group) is 1. The van der Waals surface area contributed by atoms with Crippen molar-refractivity contribution < 1.29 is 14.0 Å². The molecule has 0 heterocycles. The highest BCUT2D eigenvalue weighted by Crippen LogP contribution is 2.20. The van der Waals surface area contributed by atoms with Crippen LogP contribution in [0.25, 0.3) is 0 Å². The largest absolute Gasteiger partial charge is 0.325 e. The average Bonchev–Trinajstić information content (AvgIpc) is 2.53. The molecule has 0 atom stereocenters. The van der Waals surface area contributed by atoms with E-state index in [0.717, 1.165) is 15.7 Å². The summed E-state index contributed by atoms with van der Waals surface area (Å²) in [7, 11) is 1.66. The molecule has 0 unspecified atom stereocenters. The van der Waals surface area contributed by atoms with Gasteiger partial charge in [-0.25, -0.2) is 4.39 Å². The molecule has 0 saturated carbocycles. The van der Waals surface area contributed by atoms with Crippen molar-refractivity contribution in [3.8, 4) is 0 Å². The summed E-state index contributed by atoms with van der Waals surface area (Å²) in [5.74, 6) is -1.11. The number of nitrogens with zero attached hydrogens (tertiary/aromatic N) is 1. The van der Waals surface area contributed by atoms with Gasteiger partial charge in [-0.3, -0.25) is 14.5 Å². The second-order valence-electron chi connectivity index (χ2n) is 5.86. The van der Waals surface area contributed by atoms with Gasteiger partial charge in [-0.05, 0) is 55.9 Å². The fraction of sp³-hybridized carbons (Fsp3) is 0.222. The van der Waals surface area contributed by atoms with Crippen molar-refractivity contribution in [1.82, 2.24) is 4.90 Å². The van der Waals surface area contributed by atoms with Crippen LogP contribution in [0.2, 0.25) is 5.02 Å². The Kier molecular flexibility index (Phi) is 7.14. The lowest BCUT2D eigenvalue weighted by Crippen LogP contribution is -2.36. The van der Waals surface area contributed by atoms with Crippen LogP contribution >= 0.6 is 27.5 Å². The van der Waals surface area contributed by atoms with Crippen molar-refractivity contribution >= 4 is 50.7 Å². The predicted octanol–water partition coefficient (Wildman–Crippen LogP) is 4.06. The van der Waals surface area contributed by atoms with Crippen molar-refractivity contribution in [1.29, 1.82) is 0 Å². The monoisotopic (exact) mass is 441 g/mol. The summed E-state index contributed by atoms with van der Waals surface area (Å²) in [6.45, 7) is 1.94. The first-order chi connectivity index (χ1) is 12.2. The molecule has 8 heteroatoms. The summed E-state index contributed by atoms with van der Waals surface area (Å²) in [5, 5.41) is 5.35. The van der Waals surface area contributed by atoms with Gasteiger partial charge in [-0.15, -0.1) is 0 Å². The maximum Gasteiger partial charge on any atom is 0.238 e. The highest BCUT2D eigenvalue weighted by atomic mass is 79.9. The molecule has 0 aliphatic heterocycles. The SMILES string of the molecule is Cc1cc(Br)ccc1NC(=O)CN(C)CC(=O)Nc1ccc(F)c(Cl)c1. The standard InChI is InChI=1S/C18H18BrClFN3O2/c1-11-7-12(19)3-6-16(11)23-18(26)10-24(2)9-17(25)22-13-4-5-15(21)14(20)8-13/h3-8H,9-10H2,1-2H3,(H,22,25)(H,23,26). The Labute approximate surface area is 164 Å². The van der Waals surface area contributed by atoms with Gasteiger partial charge in [0.15, 0.2) is 0 Å². The van der Waals surface area contributed by atoms with E-state index in [1.54, 1.807) is 11.9 Å². The molecule has 0 aliphatic carbocycles. The third kappa shape index (κ3) is 6.09. The first kappa shape index (κ1) is 20.4. The molecule has 0 radical (unpaired) electrons. The predicted molar refractivity (Wildman–Crippen MR) is 105 cm³/mol. The summed E-state index contributed by atoms with van der Waals surface area (Å²) in [6.07, 6.45) is 0. The van der Waals surface area contributed by atoms with Gasteiger partial charge in [0.1, 0.15) is 5.82 Å². The zero-order valence-electron chi connectivity index (χ0n) is 14.3. The minimum atomic E-state index is -0.554. The topological polar surface area (TPSA) is 61.4 Å². The van der Waals surface area contributed by atoms with Crippen LogP contribution < -0.4 is 10.6 Å². The molecule has 0 fully saturated rings. The van der Waals surface area contributed by atoms with Gasteiger partial charge in [0.05, 0.1) is 18.1 Å². The van der Waals surface area contributed by atoms with E-state index >= 15 is 0 Å². The zero-order chi connectivity index (χ0) is 19.3. The van der Waals surface area contributed by atoms with E-state index in [2.05, 4.69) is 26.6 Å². The molecule has 138 valence electrons. The first-order valence-electron chi connectivity index (χ1n) is 7.74. The molecular weight excluding hydrogens is 425 g/mol. The maximum atomic E-state index is 13.1. The van der Waals surface area contributed by atoms with Gasteiger partial charge in [-0.2, -0.15) is 0 Å². The molecule has 0 aromatic heterocycles. The molecule has 0 saturated heterocycles. The van der Waals surface area contributed by atoms with Gasteiger partial charge >= 0.3 is 0 Å². The number of rotatable bonds is 6. The van der Waals surface area contributed by atoms with E-state index in [0.29, 0.717) is 5.69 Å². The quantitative estimate of drug-likeness (QED) is 0.709. The molecule has 2 rings (SSSR count). The number of nitrogens with one attached hydrogen (secondary N) is 2. The summed E-state index contributed by atoms with van der Waals surface area (Å²) < 4.78 is 14.1. The number of hydrogen-bond donors (Lipinski definition) is 2. The van der Waals surface area contributed by atoms with E-state index in [9.17, 15) is 14.0 Å². The lowest BCUT2D eigenvalue weighted by molar-refractivity contribution is -0.119. The maximum absolute atomic E-state index is 13.1. The van der Waals surface area contributed by atoms with Gasteiger partial charge in [0.25, 0.3) is 0 Å². The molecular formula is C18H18BrClFN3O2. The minimum Gasteiger partial charge on any atom is -0.325 e. The minimum absolute atomic E-state index is 0.00172. The van der Waals surface area contributed by atoms with Crippen LogP contribution in [0, 0.1) is 12.7 Å². The van der Waals surface area contributed by atoms with Crippen molar-refractivity contribution in [2.75, 3.05) is 30.8 Å². The lowest BCUT2D eigenvalue weighted by atomic mass is 10.2. The van der Waals surface area contributed by atoms with Gasteiger partial charge in [-0.1, -0.05) is 27.5 Å². The van der Waals surface area contributed by atoms with Crippen LogP contribution in [0.3, 0.4) is 0 Å². The molecule has 2 aromatic rings. The number of halogens is 3. The molecule has 5 nitrogen and oxygen atoms in total. The molecule has 0 spiro atoms. The molecule has 2 amide bonds. The van der Waals surface area contributed by atoms with Crippen LogP contribution in [-0.4, -0.2) is 36.9 Å². The van der Waals surface area contributed by atoms with Gasteiger partial charge in [0, 0.05) is 15.8 Å². The average molecular weight is 443 g/mol. The van der Waals surface area contributed by atoms with E-state index < -0.39 is 5.82 Å². The summed E-state index contributed by atoms with van der Waals surface area (Å²) >= 11 is 9.05. The summed E-state index contributed by atoms with van der Waals surface area (Å²) in [4.78, 5) is 25.7. The number of anilines is 2. The Bertz CT molecular complexity index is 832. The number of aryl methyl sites for hydroxylation is 1. The van der Waals surface area contributed by atoms with Crippen molar-refractivity contribution in [3.63, 3.8) is 0 Å². The Hall–Kier alpha value is -1.96. The number of carbonyl (C=O) groups excluding carboxylic acids is 2. The Morgan fingerprint density at radius 1 is 1.12 bits per heavy atom. The smallest absolute Gasteiger partial charge is 0.238 e. The van der Waals surface area contributed by atoms with Crippen LogP contribution in [0.1, 0.15) is 5.56 Å². The normalized spacial score (nSPS) is 10.7. The molecule has 26 heavy (non-hydrogen) atoms. The van der Waals surface area contributed by atoms with Crippen molar-refractivity contribution in [2.24, 2.45) is 0 Å². The number of benzene rings is 2. The summed E-state index contributed by atoms with van der Waals surface area (Å²) in [5.41, 5.74) is 2.04. The van der Waals surface area contributed by atoms with Crippen LogP contribution in [-0.2, 0) is 9.59 Å². The second kappa shape index (κ2) is 9.12. The Morgan fingerprint density at radius 3 is 2.38 bits per heavy atom. The van der Waals surface area contributed by atoms with E-state index in [4.69, 9.17) is 11.6 Å². The summed E-state index contributed by atoms with van der Waals surface area (Å²) in [6, 6.07) is 9.48. The van der Waals surface area contributed by atoms with Crippen LogP contribution in [0.4, 0.5) is 15.8 Å². The Balaban J connectivity index is 1.84. The molecule has 2 N–H and O–H groups in total. The first-order valence-corrected chi connectivity index (χ1v) is 8.91. The third-order valence-corrected chi connectivity index (χ3v) is 4.28. The molecule has 0 aliphatic rings. The number of hydrogen-bond acceptors (Lipinski definition) is 3. The van der Waals surface area contributed by atoms with Crippen LogP contribution in [0.15, 0.2) is 40.9 Å². The number of carbonyl (C=O) groups is 2. The fourth-order valence-corrected chi connectivity index (χ4v) is 2.93. The highest BCUT2D eigenvalue weighted by molar-refractivity contribution is 9.10. The van der Waals surface area contributed by atoms with Crippen molar-refractivity contribution in [3.05, 3.63) is 57.3 Å². The van der Waals surface area contributed by atoms with E-state index in [1.165, 1.54) is 18.2 Å². The van der Waals surface area contributed by atoms with Crippen molar-refractivity contribution in [2.45, 2.75) is 6.92 Å². The number of amides is 2. The van der Waals surface area contributed by atoms with Crippen LogP contribution in [0.5, 0.6) is 0 Å². The highest BCUT2D eigenvalue weighted by Gasteiger charge is 2.12. The third-order valence-electron chi connectivity index (χ3n) is 3.49. The van der Waals surface area contributed by atoms with E-state index in [-0.39, 0.29) is 29.9 Å². The fourth-order valence-electron chi connectivity index (χ4n) is 2.28. The Morgan fingerprint density at radius 2 is 1.77 bits per heavy atom. The molecule has 2 aromatic carbocycles. The lowest BCUT2D eigenvalue weighted by Gasteiger charge is -2.17. The zero-order valence-corrected chi connectivity index (χ0v) is 16.6.